The summed E-state index contributed by atoms with van der Waals surface area (Å²) in [5.74, 6) is -3.12. The van der Waals surface area contributed by atoms with Gasteiger partial charge in [-0.25, -0.2) is 17.6 Å². The first-order chi connectivity index (χ1) is 9.40. The summed E-state index contributed by atoms with van der Waals surface area (Å²) < 4.78 is 54.0. The summed E-state index contributed by atoms with van der Waals surface area (Å²) >= 11 is 5.93. The molecule has 0 fully saturated rings. The quantitative estimate of drug-likeness (QED) is 0.527. The van der Waals surface area contributed by atoms with Crippen molar-refractivity contribution in [2.45, 2.75) is 6.54 Å². The van der Waals surface area contributed by atoms with Crippen molar-refractivity contribution >= 4 is 37.5 Å². The first-order valence-corrected chi connectivity index (χ1v) is 6.99. The van der Waals surface area contributed by atoms with Gasteiger partial charge in [-0.3, -0.25) is 0 Å². The lowest BCUT2D eigenvalue weighted by atomic mass is 10.2. The molecule has 0 saturated heterocycles. The molecule has 0 unspecified atom stereocenters. The molecular formula is C13H7Br2F4N. The van der Waals surface area contributed by atoms with Crippen molar-refractivity contribution in [3.8, 4) is 0 Å². The van der Waals surface area contributed by atoms with E-state index in [0.29, 0.717) is 6.07 Å². The second-order valence-corrected chi connectivity index (χ2v) is 5.63. The van der Waals surface area contributed by atoms with Gasteiger partial charge in [-0.1, -0.05) is 0 Å². The number of hydrogen-bond donors (Lipinski definition) is 1. The van der Waals surface area contributed by atoms with E-state index in [-0.39, 0.29) is 26.7 Å². The van der Waals surface area contributed by atoms with Gasteiger partial charge >= 0.3 is 0 Å². The molecule has 0 spiro atoms. The molecule has 0 aliphatic heterocycles. The molecule has 0 heterocycles. The molecule has 20 heavy (non-hydrogen) atoms. The SMILES string of the molecule is Fc1cc(F)c(NCc2c(F)ccc(Br)c2F)c(Br)c1. The van der Waals surface area contributed by atoms with Gasteiger partial charge in [-0.05, 0) is 50.1 Å². The third kappa shape index (κ3) is 3.15. The van der Waals surface area contributed by atoms with Crippen LogP contribution in [0.3, 0.4) is 0 Å². The minimum atomic E-state index is -0.854. The molecule has 0 aliphatic rings. The van der Waals surface area contributed by atoms with Crippen LogP contribution in [0.15, 0.2) is 33.2 Å². The van der Waals surface area contributed by atoms with Gasteiger partial charge in [0.2, 0.25) is 0 Å². The Balaban J connectivity index is 2.28. The normalized spacial score (nSPS) is 10.7. The summed E-state index contributed by atoms with van der Waals surface area (Å²) in [6.07, 6.45) is 0. The van der Waals surface area contributed by atoms with Crippen molar-refractivity contribution in [3.63, 3.8) is 0 Å². The molecule has 0 amide bonds. The lowest BCUT2D eigenvalue weighted by Gasteiger charge is -2.12. The van der Waals surface area contributed by atoms with Crippen LogP contribution in [0.4, 0.5) is 23.2 Å². The summed E-state index contributed by atoms with van der Waals surface area (Å²) in [4.78, 5) is 0. The van der Waals surface area contributed by atoms with Gasteiger partial charge in [-0.15, -0.1) is 0 Å². The summed E-state index contributed by atoms with van der Waals surface area (Å²) in [6.45, 7) is -0.280. The zero-order chi connectivity index (χ0) is 14.9. The number of anilines is 1. The lowest BCUT2D eigenvalue weighted by molar-refractivity contribution is 0.554. The van der Waals surface area contributed by atoms with E-state index in [0.717, 1.165) is 12.1 Å². The van der Waals surface area contributed by atoms with Crippen molar-refractivity contribution in [2.24, 2.45) is 0 Å². The lowest BCUT2D eigenvalue weighted by Crippen LogP contribution is -2.07. The number of rotatable bonds is 3. The van der Waals surface area contributed by atoms with Gasteiger partial charge < -0.3 is 5.32 Å². The summed E-state index contributed by atoms with van der Waals surface area (Å²) in [7, 11) is 0. The Bertz CT molecular complexity index is 638. The average Bonchev–Trinajstić information content (AvgIpc) is 2.36. The molecule has 7 heteroatoms. The Morgan fingerprint density at radius 2 is 1.60 bits per heavy atom. The molecule has 2 rings (SSSR count). The molecule has 106 valence electrons. The van der Waals surface area contributed by atoms with Crippen molar-refractivity contribution in [2.75, 3.05) is 5.32 Å². The van der Waals surface area contributed by atoms with Crippen LogP contribution in [-0.2, 0) is 6.54 Å². The maximum absolute atomic E-state index is 13.7. The van der Waals surface area contributed by atoms with Crippen LogP contribution in [-0.4, -0.2) is 0 Å². The molecule has 0 aliphatic carbocycles. The maximum Gasteiger partial charge on any atom is 0.150 e. The molecule has 0 aromatic heterocycles. The summed E-state index contributed by atoms with van der Waals surface area (Å²) in [5.41, 5.74) is -0.305. The van der Waals surface area contributed by atoms with Crippen LogP contribution in [0.1, 0.15) is 5.56 Å². The van der Waals surface area contributed by atoms with Crippen LogP contribution >= 0.6 is 31.9 Å². The standard InChI is InChI=1S/C13H7Br2F4N/c14-8-1-2-10(17)7(12(8)19)5-20-13-9(15)3-6(16)4-11(13)18/h1-4,20H,5H2. The van der Waals surface area contributed by atoms with Crippen LogP contribution in [0, 0.1) is 23.3 Å². The van der Waals surface area contributed by atoms with Gasteiger partial charge in [0.1, 0.15) is 23.3 Å². The largest absolute Gasteiger partial charge is 0.377 e. The van der Waals surface area contributed by atoms with Gasteiger partial charge in [0.25, 0.3) is 0 Å². The van der Waals surface area contributed by atoms with Crippen LogP contribution in [0.25, 0.3) is 0 Å². The van der Waals surface area contributed by atoms with E-state index in [9.17, 15) is 17.6 Å². The van der Waals surface area contributed by atoms with E-state index in [4.69, 9.17) is 0 Å². The van der Waals surface area contributed by atoms with E-state index in [1.807, 2.05) is 0 Å². The minimum Gasteiger partial charge on any atom is -0.377 e. The van der Waals surface area contributed by atoms with Gasteiger partial charge in [0.05, 0.1) is 10.2 Å². The number of halogens is 6. The van der Waals surface area contributed by atoms with Crippen LogP contribution < -0.4 is 5.32 Å². The van der Waals surface area contributed by atoms with Crippen molar-refractivity contribution in [3.05, 3.63) is 62.0 Å². The number of benzene rings is 2. The Labute approximate surface area is 129 Å². The predicted molar refractivity (Wildman–Crippen MR) is 75.4 cm³/mol. The number of nitrogens with one attached hydrogen (secondary N) is 1. The minimum absolute atomic E-state index is 0.0647. The molecule has 0 saturated carbocycles. The molecular weight excluding hydrogens is 406 g/mol. The van der Waals surface area contributed by atoms with Crippen molar-refractivity contribution < 1.29 is 17.6 Å². The first kappa shape index (κ1) is 15.3. The average molecular weight is 413 g/mol. The van der Waals surface area contributed by atoms with E-state index < -0.39 is 23.3 Å². The van der Waals surface area contributed by atoms with E-state index in [2.05, 4.69) is 37.2 Å². The maximum atomic E-state index is 13.7. The predicted octanol–water partition coefficient (Wildman–Crippen LogP) is 5.38. The number of hydrogen-bond acceptors (Lipinski definition) is 1. The Morgan fingerprint density at radius 3 is 2.25 bits per heavy atom. The molecule has 1 nitrogen and oxygen atoms in total. The van der Waals surface area contributed by atoms with Gasteiger partial charge in [0, 0.05) is 22.6 Å². The van der Waals surface area contributed by atoms with Crippen molar-refractivity contribution in [1.82, 2.24) is 0 Å². The highest BCUT2D eigenvalue weighted by molar-refractivity contribution is 9.10. The molecule has 1 N–H and O–H groups in total. The van der Waals surface area contributed by atoms with Crippen LogP contribution in [0.2, 0.25) is 0 Å². The van der Waals surface area contributed by atoms with E-state index >= 15 is 0 Å². The highest BCUT2D eigenvalue weighted by atomic mass is 79.9. The fourth-order valence-corrected chi connectivity index (χ4v) is 2.54. The summed E-state index contributed by atoms with van der Waals surface area (Å²) in [5, 5.41) is 2.54. The second-order valence-electron chi connectivity index (χ2n) is 3.92. The first-order valence-electron chi connectivity index (χ1n) is 5.41. The Kier molecular flexibility index (Phi) is 4.70. The molecule has 2 aromatic carbocycles. The molecule has 0 radical (unpaired) electrons. The highest BCUT2D eigenvalue weighted by Crippen LogP contribution is 2.28. The van der Waals surface area contributed by atoms with Gasteiger partial charge in [0.15, 0.2) is 0 Å². The van der Waals surface area contributed by atoms with E-state index in [1.165, 1.54) is 6.07 Å². The smallest absolute Gasteiger partial charge is 0.150 e. The van der Waals surface area contributed by atoms with Gasteiger partial charge in [-0.2, -0.15) is 0 Å². The fraction of sp³-hybridized carbons (Fsp3) is 0.0769. The third-order valence-corrected chi connectivity index (χ3v) is 3.83. The third-order valence-electron chi connectivity index (χ3n) is 2.59. The monoisotopic (exact) mass is 411 g/mol. The highest BCUT2D eigenvalue weighted by Gasteiger charge is 2.14. The molecule has 0 atom stereocenters. The zero-order valence-corrected chi connectivity index (χ0v) is 13.0. The van der Waals surface area contributed by atoms with Crippen LogP contribution in [0.5, 0.6) is 0 Å². The second kappa shape index (κ2) is 6.13. The topological polar surface area (TPSA) is 12.0 Å². The molecule has 2 aromatic rings. The Hall–Kier alpha value is -1.08. The molecule has 0 bridgehead atoms. The zero-order valence-electron chi connectivity index (χ0n) is 9.78. The summed E-state index contributed by atoms with van der Waals surface area (Å²) in [6, 6.07) is 4.07. The van der Waals surface area contributed by atoms with E-state index in [1.54, 1.807) is 0 Å². The van der Waals surface area contributed by atoms with Crippen molar-refractivity contribution in [1.29, 1.82) is 0 Å². The Morgan fingerprint density at radius 1 is 0.900 bits per heavy atom. The fourth-order valence-electron chi connectivity index (χ4n) is 1.62.